The first kappa shape index (κ1) is 21.6. The zero-order chi connectivity index (χ0) is 22.3. The third-order valence-electron chi connectivity index (χ3n) is 5.74. The van der Waals surface area contributed by atoms with Gasteiger partial charge < -0.3 is 19.5 Å². The molecule has 0 saturated carbocycles. The van der Waals surface area contributed by atoms with Crippen LogP contribution >= 0.6 is 0 Å². The van der Waals surface area contributed by atoms with Crippen LogP contribution in [0.25, 0.3) is 0 Å². The molecule has 7 heteroatoms. The van der Waals surface area contributed by atoms with Gasteiger partial charge in [-0.05, 0) is 36.4 Å². The van der Waals surface area contributed by atoms with Crippen molar-refractivity contribution in [1.29, 1.82) is 0 Å². The molecule has 1 aromatic heterocycles. The SMILES string of the molecule is CN(C(=O)CN1CCN(c2ccccc2)CC1)c1ccccc1C(=O)NCc1ccco1. The standard InChI is InChI=1S/C25H28N4O3/c1-27(23-12-6-5-11-22(23)25(31)26-18-21-10-7-17-32-21)24(30)19-28-13-15-29(16-14-28)20-8-3-2-4-9-20/h2-12,17H,13-16,18-19H2,1H3,(H,26,31). The van der Waals surface area contributed by atoms with E-state index in [2.05, 4.69) is 27.2 Å². The number of anilines is 2. The number of carbonyl (C=O) groups excluding carboxylic acids is 2. The number of piperazine rings is 1. The fraction of sp³-hybridized carbons (Fsp3) is 0.280. The lowest BCUT2D eigenvalue weighted by Crippen LogP contribution is -2.50. The van der Waals surface area contributed by atoms with Crippen molar-refractivity contribution in [3.63, 3.8) is 0 Å². The summed E-state index contributed by atoms with van der Waals surface area (Å²) >= 11 is 0. The van der Waals surface area contributed by atoms with Crippen molar-refractivity contribution in [2.45, 2.75) is 6.54 Å². The highest BCUT2D eigenvalue weighted by Crippen LogP contribution is 2.20. The summed E-state index contributed by atoms with van der Waals surface area (Å²) in [4.78, 5) is 31.8. The third kappa shape index (κ3) is 5.18. The van der Waals surface area contributed by atoms with Crippen molar-refractivity contribution in [1.82, 2.24) is 10.2 Å². The molecule has 3 aromatic rings. The van der Waals surface area contributed by atoms with Gasteiger partial charge in [-0.3, -0.25) is 14.5 Å². The Morgan fingerprint density at radius 2 is 1.66 bits per heavy atom. The molecule has 2 aromatic carbocycles. The lowest BCUT2D eigenvalue weighted by atomic mass is 10.1. The molecule has 0 unspecified atom stereocenters. The summed E-state index contributed by atoms with van der Waals surface area (Å²) in [6.45, 7) is 4.02. The molecule has 0 bridgehead atoms. The number of amides is 2. The van der Waals surface area contributed by atoms with Gasteiger partial charge in [0.1, 0.15) is 5.76 Å². The van der Waals surface area contributed by atoms with E-state index in [1.807, 2.05) is 24.3 Å². The normalized spacial score (nSPS) is 14.2. The summed E-state index contributed by atoms with van der Waals surface area (Å²) in [6, 6.07) is 21.1. The van der Waals surface area contributed by atoms with E-state index < -0.39 is 0 Å². The number of para-hydroxylation sites is 2. The molecular weight excluding hydrogens is 404 g/mol. The first-order valence-electron chi connectivity index (χ1n) is 10.8. The first-order chi connectivity index (χ1) is 15.6. The Hall–Kier alpha value is -3.58. The second-order valence-corrected chi connectivity index (χ2v) is 7.83. The molecule has 1 aliphatic rings. The second kappa shape index (κ2) is 10.2. The molecule has 166 valence electrons. The number of carbonyl (C=O) groups is 2. The molecule has 7 nitrogen and oxygen atoms in total. The molecule has 2 heterocycles. The fourth-order valence-corrected chi connectivity index (χ4v) is 3.87. The maximum absolute atomic E-state index is 13.0. The van der Waals surface area contributed by atoms with Crippen molar-refractivity contribution in [2.24, 2.45) is 0 Å². The van der Waals surface area contributed by atoms with Crippen LogP contribution in [0, 0.1) is 0 Å². The Labute approximate surface area is 188 Å². The van der Waals surface area contributed by atoms with E-state index in [0.717, 1.165) is 26.2 Å². The monoisotopic (exact) mass is 432 g/mol. The number of hydrogen-bond acceptors (Lipinski definition) is 5. The van der Waals surface area contributed by atoms with Crippen LogP contribution in [0.5, 0.6) is 0 Å². The fourth-order valence-electron chi connectivity index (χ4n) is 3.87. The van der Waals surface area contributed by atoms with Gasteiger partial charge in [-0.1, -0.05) is 30.3 Å². The van der Waals surface area contributed by atoms with E-state index in [1.165, 1.54) is 5.69 Å². The molecule has 0 spiro atoms. The summed E-state index contributed by atoms with van der Waals surface area (Å²) in [5.41, 5.74) is 2.27. The van der Waals surface area contributed by atoms with Crippen LogP contribution < -0.4 is 15.1 Å². The average Bonchev–Trinajstić information content (AvgIpc) is 3.37. The summed E-state index contributed by atoms with van der Waals surface area (Å²) in [6.07, 6.45) is 1.57. The highest BCUT2D eigenvalue weighted by Gasteiger charge is 2.23. The summed E-state index contributed by atoms with van der Waals surface area (Å²) < 4.78 is 5.27. The maximum atomic E-state index is 13.0. The van der Waals surface area contributed by atoms with Gasteiger partial charge in [0, 0.05) is 38.9 Å². The Balaban J connectivity index is 1.34. The summed E-state index contributed by atoms with van der Waals surface area (Å²) in [5.74, 6) is 0.396. The van der Waals surface area contributed by atoms with Crippen LogP contribution in [-0.4, -0.2) is 56.5 Å². The number of likely N-dealkylation sites (N-methyl/N-ethyl adjacent to an activating group) is 1. The van der Waals surface area contributed by atoms with Gasteiger partial charge in [-0.2, -0.15) is 0 Å². The van der Waals surface area contributed by atoms with E-state index in [0.29, 0.717) is 30.1 Å². The summed E-state index contributed by atoms with van der Waals surface area (Å²) in [7, 11) is 1.72. The molecule has 32 heavy (non-hydrogen) atoms. The molecule has 1 saturated heterocycles. The van der Waals surface area contributed by atoms with E-state index in [9.17, 15) is 9.59 Å². The predicted octanol–water partition coefficient (Wildman–Crippen LogP) is 2.99. The van der Waals surface area contributed by atoms with Crippen LogP contribution in [0.2, 0.25) is 0 Å². The van der Waals surface area contributed by atoms with E-state index >= 15 is 0 Å². The Morgan fingerprint density at radius 1 is 0.938 bits per heavy atom. The quantitative estimate of drug-likeness (QED) is 0.622. The molecular formula is C25H28N4O3. The number of rotatable bonds is 7. The van der Waals surface area contributed by atoms with Crippen molar-refractivity contribution in [3.05, 3.63) is 84.3 Å². The van der Waals surface area contributed by atoms with Crippen LogP contribution in [0.15, 0.2) is 77.4 Å². The van der Waals surface area contributed by atoms with E-state index in [-0.39, 0.29) is 11.8 Å². The highest BCUT2D eigenvalue weighted by molar-refractivity contribution is 6.05. The number of nitrogens with one attached hydrogen (secondary N) is 1. The molecule has 2 amide bonds. The van der Waals surface area contributed by atoms with E-state index in [4.69, 9.17) is 4.42 Å². The molecule has 0 atom stereocenters. The summed E-state index contributed by atoms with van der Waals surface area (Å²) in [5, 5.41) is 2.85. The smallest absolute Gasteiger partial charge is 0.253 e. The van der Waals surface area contributed by atoms with Crippen molar-refractivity contribution >= 4 is 23.2 Å². The minimum atomic E-state index is -0.242. The minimum absolute atomic E-state index is 0.0376. The Morgan fingerprint density at radius 3 is 2.38 bits per heavy atom. The van der Waals surface area contributed by atoms with Gasteiger partial charge in [0.15, 0.2) is 0 Å². The van der Waals surface area contributed by atoms with Crippen molar-refractivity contribution < 1.29 is 14.0 Å². The number of benzene rings is 2. The number of nitrogens with zero attached hydrogens (tertiary/aromatic N) is 3. The first-order valence-corrected chi connectivity index (χ1v) is 10.8. The Bertz CT molecular complexity index is 1030. The molecule has 1 fully saturated rings. The molecule has 0 radical (unpaired) electrons. The Kier molecular flexibility index (Phi) is 6.87. The lowest BCUT2D eigenvalue weighted by molar-refractivity contribution is -0.119. The lowest BCUT2D eigenvalue weighted by Gasteiger charge is -2.36. The minimum Gasteiger partial charge on any atom is -0.467 e. The van der Waals surface area contributed by atoms with Crippen molar-refractivity contribution in [3.8, 4) is 0 Å². The maximum Gasteiger partial charge on any atom is 0.253 e. The van der Waals surface area contributed by atoms with Crippen LogP contribution in [0.4, 0.5) is 11.4 Å². The number of hydrogen-bond donors (Lipinski definition) is 1. The third-order valence-corrected chi connectivity index (χ3v) is 5.74. The second-order valence-electron chi connectivity index (χ2n) is 7.83. The van der Waals surface area contributed by atoms with Gasteiger partial charge >= 0.3 is 0 Å². The van der Waals surface area contributed by atoms with Gasteiger partial charge in [0.05, 0.1) is 30.6 Å². The van der Waals surface area contributed by atoms with Crippen LogP contribution in [0.3, 0.4) is 0 Å². The van der Waals surface area contributed by atoms with Crippen molar-refractivity contribution in [2.75, 3.05) is 49.6 Å². The molecule has 1 N–H and O–H groups in total. The van der Waals surface area contributed by atoms with Gasteiger partial charge in [-0.25, -0.2) is 0 Å². The topological polar surface area (TPSA) is 69.0 Å². The van der Waals surface area contributed by atoms with Gasteiger partial charge in [0.25, 0.3) is 5.91 Å². The highest BCUT2D eigenvalue weighted by atomic mass is 16.3. The predicted molar refractivity (Wildman–Crippen MR) is 125 cm³/mol. The zero-order valence-corrected chi connectivity index (χ0v) is 18.2. The van der Waals surface area contributed by atoms with Gasteiger partial charge in [0.2, 0.25) is 5.91 Å². The largest absolute Gasteiger partial charge is 0.467 e. The molecule has 1 aliphatic heterocycles. The average molecular weight is 433 g/mol. The van der Waals surface area contributed by atoms with Gasteiger partial charge in [-0.15, -0.1) is 0 Å². The van der Waals surface area contributed by atoms with Crippen LogP contribution in [-0.2, 0) is 11.3 Å². The number of furan rings is 1. The molecule has 4 rings (SSSR count). The van der Waals surface area contributed by atoms with E-state index in [1.54, 1.807) is 48.5 Å². The zero-order valence-electron chi connectivity index (χ0n) is 18.2. The molecule has 0 aliphatic carbocycles. The van der Waals surface area contributed by atoms with Crippen LogP contribution in [0.1, 0.15) is 16.1 Å².